The largest absolute Gasteiger partial charge is 0.387 e. The normalized spacial score (nSPS) is 15.1. The number of benzene rings is 1. The van der Waals surface area contributed by atoms with Gasteiger partial charge < -0.3 is 15.2 Å². The molecule has 1 aromatic carbocycles. The maximum atomic E-state index is 9.97. The summed E-state index contributed by atoms with van der Waals surface area (Å²) in [6.07, 6.45) is -0.527. The van der Waals surface area contributed by atoms with Gasteiger partial charge in [0, 0.05) is 7.11 Å². The molecule has 2 atom stereocenters. The predicted octanol–water partition coefficient (Wildman–Crippen LogP) is 0.954. The summed E-state index contributed by atoms with van der Waals surface area (Å²) in [6.45, 7) is 0.493. The van der Waals surface area contributed by atoms with Gasteiger partial charge in [0.25, 0.3) is 0 Å². The number of aliphatic hydroxyl groups excluding tert-OH is 1. The molecule has 3 nitrogen and oxygen atoms in total. The van der Waals surface area contributed by atoms with Crippen LogP contribution >= 0.6 is 0 Å². The molecule has 78 valence electrons. The number of aliphatic hydroxyl groups is 1. The summed E-state index contributed by atoms with van der Waals surface area (Å²) in [4.78, 5) is 0. The van der Waals surface area contributed by atoms with Crippen LogP contribution in [0.25, 0.3) is 0 Å². The van der Waals surface area contributed by atoms with Crippen LogP contribution in [0.15, 0.2) is 30.3 Å². The van der Waals surface area contributed by atoms with E-state index in [9.17, 15) is 5.11 Å². The molecule has 2 N–H and O–H groups in total. The number of hydrogen-bond donors (Lipinski definition) is 2. The molecule has 0 aliphatic rings. The molecular weight excluding hydrogens is 178 g/mol. The monoisotopic (exact) mass is 195 g/mol. The quantitative estimate of drug-likeness (QED) is 0.735. The standard InChI is InChI=1S/C11H17NO2/c1-12-10(8-14-2)11(13)9-6-4-3-5-7-9/h3-7,10-13H,8H2,1-2H3/t10?,11-/m1/s1. The summed E-state index contributed by atoms with van der Waals surface area (Å²) in [5, 5.41) is 13.0. The molecular formula is C11H17NO2. The van der Waals surface area contributed by atoms with Crippen LogP contribution < -0.4 is 5.32 Å². The van der Waals surface area contributed by atoms with Crippen LogP contribution in [0.4, 0.5) is 0 Å². The lowest BCUT2D eigenvalue weighted by atomic mass is 10.0. The van der Waals surface area contributed by atoms with Crippen molar-refractivity contribution in [2.24, 2.45) is 0 Å². The van der Waals surface area contributed by atoms with Crippen LogP contribution in [0.2, 0.25) is 0 Å². The number of ether oxygens (including phenoxy) is 1. The van der Waals surface area contributed by atoms with Crippen molar-refractivity contribution in [3.05, 3.63) is 35.9 Å². The minimum Gasteiger partial charge on any atom is -0.387 e. The van der Waals surface area contributed by atoms with Gasteiger partial charge in [0.2, 0.25) is 0 Å². The second-order valence-corrected chi connectivity index (χ2v) is 3.21. The molecule has 0 fully saturated rings. The zero-order valence-electron chi connectivity index (χ0n) is 8.60. The molecule has 1 rings (SSSR count). The van der Waals surface area contributed by atoms with Crippen molar-refractivity contribution in [2.75, 3.05) is 20.8 Å². The van der Waals surface area contributed by atoms with E-state index in [-0.39, 0.29) is 6.04 Å². The summed E-state index contributed by atoms with van der Waals surface area (Å²) in [5.41, 5.74) is 0.906. The van der Waals surface area contributed by atoms with Crippen LogP contribution in [0.5, 0.6) is 0 Å². The highest BCUT2D eigenvalue weighted by Crippen LogP contribution is 2.16. The highest BCUT2D eigenvalue weighted by molar-refractivity contribution is 5.18. The van der Waals surface area contributed by atoms with Crippen molar-refractivity contribution >= 4 is 0 Å². The summed E-state index contributed by atoms with van der Waals surface area (Å²) in [7, 11) is 3.44. The SMILES string of the molecule is CNC(COC)[C@H](O)c1ccccc1. The highest BCUT2D eigenvalue weighted by Gasteiger charge is 2.18. The number of likely N-dealkylation sites (N-methyl/N-ethyl adjacent to an activating group) is 1. The smallest absolute Gasteiger partial charge is 0.0965 e. The molecule has 0 spiro atoms. The van der Waals surface area contributed by atoms with E-state index in [1.54, 1.807) is 7.11 Å². The van der Waals surface area contributed by atoms with E-state index in [1.807, 2.05) is 37.4 Å². The second-order valence-electron chi connectivity index (χ2n) is 3.21. The van der Waals surface area contributed by atoms with Gasteiger partial charge in [-0.2, -0.15) is 0 Å². The average molecular weight is 195 g/mol. The molecule has 0 heterocycles. The third-order valence-corrected chi connectivity index (χ3v) is 2.24. The van der Waals surface area contributed by atoms with Crippen LogP contribution in [0.1, 0.15) is 11.7 Å². The third-order valence-electron chi connectivity index (χ3n) is 2.24. The minimum absolute atomic E-state index is 0.0672. The van der Waals surface area contributed by atoms with Gasteiger partial charge in [-0.3, -0.25) is 0 Å². The zero-order valence-corrected chi connectivity index (χ0v) is 8.60. The van der Waals surface area contributed by atoms with Gasteiger partial charge in [-0.25, -0.2) is 0 Å². The Kier molecular flexibility index (Phi) is 4.59. The average Bonchev–Trinajstić information content (AvgIpc) is 2.26. The fourth-order valence-corrected chi connectivity index (χ4v) is 1.39. The van der Waals surface area contributed by atoms with Crippen LogP contribution in [0.3, 0.4) is 0 Å². The lowest BCUT2D eigenvalue weighted by Crippen LogP contribution is -2.36. The van der Waals surface area contributed by atoms with Crippen LogP contribution in [-0.4, -0.2) is 31.9 Å². The molecule has 1 unspecified atom stereocenters. The van der Waals surface area contributed by atoms with E-state index >= 15 is 0 Å². The molecule has 0 aromatic heterocycles. The van der Waals surface area contributed by atoms with Crippen molar-refractivity contribution in [1.82, 2.24) is 5.32 Å². The summed E-state index contributed by atoms with van der Waals surface area (Å²) < 4.78 is 5.01. The first kappa shape index (κ1) is 11.2. The van der Waals surface area contributed by atoms with Crippen molar-refractivity contribution < 1.29 is 9.84 Å². The first-order valence-corrected chi connectivity index (χ1v) is 4.68. The Bertz CT molecular complexity index is 251. The van der Waals surface area contributed by atoms with Gasteiger partial charge in [0.15, 0.2) is 0 Å². The predicted molar refractivity (Wildman–Crippen MR) is 56.1 cm³/mol. The Morgan fingerprint density at radius 1 is 1.36 bits per heavy atom. The van der Waals surface area contributed by atoms with E-state index in [1.165, 1.54) is 0 Å². The molecule has 0 amide bonds. The van der Waals surface area contributed by atoms with Gasteiger partial charge in [-0.1, -0.05) is 30.3 Å². The number of nitrogens with one attached hydrogen (secondary N) is 1. The van der Waals surface area contributed by atoms with Crippen LogP contribution in [-0.2, 0) is 4.74 Å². The molecule has 0 saturated heterocycles. The first-order valence-electron chi connectivity index (χ1n) is 4.68. The maximum absolute atomic E-state index is 9.97. The number of methoxy groups -OCH3 is 1. The second kappa shape index (κ2) is 5.75. The maximum Gasteiger partial charge on any atom is 0.0965 e. The van der Waals surface area contributed by atoms with E-state index < -0.39 is 6.10 Å². The minimum atomic E-state index is -0.527. The molecule has 0 aliphatic carbocycles. The van der Waals surface area contributed by atoms with Gasteiger partial charge in [0.05, 0.1) is 18.8 Å². The fourth-order valence-electron chi connectivity index (χ4n) is 1.39. The van der Waals surface area contributed by atoms with E-state index in [0.717, 1.165) is 5.56 Å². The Morgan fingerprint density at radius 2 is 2.00 bits per heavy atom. The topological polar surface area (TPSA) is 41.5 Å². The first-order chi connectivity index (χ1) is 6.79. The van der Waals surface area contributed by atoms with E-state index in [4.69, 9.17) is 4.74 Å². The van der Waals surface area contributed by atoms with E-state index in [2.05, 4.69) is 5.32 Å². The third kappa shape index (κ3) is 2.80. The number of hydrogen-bond acceptors (Lipinski definition) is 3. The molecule has 0 saturated carbocycles. The molecule has 0 aliphatic heterocycles. The van der Waals surface area contributed by atoms with Gasteiger partial charge >= 0.3 is 0 Å². The Labute approximate surface area is 84.7 Å². The Morgan fingerprint density at radius 3 is 2.50 bits per heavy atom. The molecule has 14 heavy (non-hydrogen) atoms. The lowest BCUT2D eigenvalue weighted by Gasteiger charge is -2.21. The molecule has 0 radical (unpaired) electrons. The van der Waals surface area contributed by atoms with Crippen molar-refractivity contribution in [1.29, 1.82) is 0 Å². The Balaban J connectivity index is 2.67. The van der Waals surface area contributed by atoms with Gasteiger partial charge in [0.1, 0.15) is 0 Å². The fraction of sp³-hybridized carbons (Fsp3) is 0.455. The zero-order chi connectivity index (χ0) is 10.4. The molecule has 3 heteroatoms. The summed E-state index contributed by atoms with van der Waals surface area (Å²) in [5.74, 6) is 0. The molecule has 1 aromatic rings. The summed E-state index contributed by atoms with van der Waals surface area (Å²) >= 11 is 0. The van der Waals surface area contributed by atoms with Gasteiger partial charge in [-0.05, 0) is 12.6 Å². The van der Waals surface area contributed by atoms with Crippen LogP contribution in [0, 0.1) is 0 Å². The molecule has 0 bridgehead atoms. The van der Waals surface area contributed by atoms with E-state index in [0.29, 0.717) is 6.61 Å². The van der Waals surface area contributed by atoms with Crippen molar-refractivity contribution in [3.63, 3.8) is 0 Å². The summed E-state index contributed by atoms with van der Waals surface area (Å²) in [6, 6.07) is 9.51. The lowest BCUT2D eigenvalue weighted by molar-refractivity contribution is 0.0734. The Hall–Kier alpha value is -0.900. The van der Waals surface area contributed by atoms with Crippen molar-refractivity contribution in [2.45, 2.75) is 12.1 Å². The highest BCUT2D eigenvalue weighted by atomic mass is 16.5. The van der Waals surface area contributed by atoms with Crippen molar-refractivity contribution in [3.8, 4) is 0 Å². The number of rotatable bonds is 5. The van der Waals surface area contributed by atoms with Gasteiger partial charge in [-0.15, -0.1) is 0 Å².